The minimum absolute atomic E-state index is 0.409. The van der Waals surface area contributed by atoms with Crippen molar-refractivity contribution in [1.29, 1.82) is 0 Å². The van der Waals surface area contributed by atoms with E-state index in [1.165, 1.54) is 0 Å². The number of ether oxygens (including phenoxy) is 1. The van der Waals surface area contributed by atoms with Crippen molar-refractivity contribution in [2.45, 2.75) is 57.7 Å². The van der Waals surface area contributed by atoms with Crippen molar-refractivity contribution in [3.8, 4) is 0 Å². The average molecular weight is 302 g/mol. The SMILES string of the molecule is CC[C@@H]1CCc2ncc(CN)c(NC3CCOCC3)c2C=N1. The number of nitrogens with two attached hydrogens (primary N) is 1. The third kappa shape index (κ3) is 3.31. The summed E-state index contributed by atoms with van der Waals surface area (Å²) >= 11 is 0. The van der Waals surface area contributed by atoms with E-state index in [1.54, 1.807) is 0 Å². The number of hydrogen-bond acceptors (Lipinski definition) is 5. The van der Waals surface area contributed by atoms with Gasteiger partial charge >= 0.3 is 0 Å². The Labute approximate surface area is 132 Å². The zero-order valence-electron chi connectivity index (χ0n) is 13.3. The van der Waals surface area contributed by atoms with Crippen molar-refractivity contribution in [2.75, 3.05) is 18.5 Å². The third-order valence-corrected chi connectivity index (χ3v) is 4.67. The Kier molecular flexibility index (Phi) is 5.05. The van der Waals surface area contributed by atoms with Crippen LogP contribution < -0.4 is 11.1 Å². The molecule has 1 aromatic rings. The van der Waals surface area contributed by atoms with Gasteiger partial charge in [0, 0.05) is 49.3 Å². The summed E-state index contributed by atoms with van der Waals surface area (Å²) in [4.78, 5) is 9.38. The van der Waals surface area contributed by atoms with E-state index in [0.29, 0.717) is 18.6 Å². The van der Waals surface area contributed by atoms with Crippen LogP contribution in [0.15, 0.2) is 11.2 Å². The van der Waals surface area contributed by atoms with Crippen LogP contribution in [0.1, 0.15) is 49.4 Å². The standard InChI is InChI=1S/C17H26N4O/c1-2-13-3-4-16-15(11-19-13)17(12(9-18)10-20-16)21-14-5-7-22-8-6-14/h10-11,13-14H,2-9,18H2,1H3,(H,20,21)/t13-/m1/s1. The number of nitrogens with zero attached hydrogens (tertiary/aromatic N) is 2. The molecule has 0 saturated carbocycles. The molecule has 0 radical (unpaired) electrons. The Morgan fingerprint density at radius 2 is 2.14 bits per heavy atom. The lowest BCUT2D eigenvalue weighted by molar-refractivity contribution is 0.0904. The quantitative estimate of drug-likeness (QED) is 0.895. The Morgan fingerprint density at radius 1 is 1.32 bits per heavy atom. The van der Waals surface area contributed by atoms with Crippen molar-refractivity contribution in [3.63, 3.8) is 0 Å². The van der Waals surface area contributed by atoms with Crippen LogP contribution in [0.5, 0.6) is 0 Å². The number of aliphatic imine (C=N–C) groups is 1. The van der Waals surface area contributed by atoms with Crippen LogP contribution in [0.2, 0.25) is 0 Å². The number of aryl methyl sites for hydroxylation is 1. The Hall–Kier alpha value is -1.46. The van der Waals surface area contributed by atoms with Gasteiger partial charge in [-0.25, -0.2) is 0 Å². The highest BCUT2D eigenvalue weighted by molar-refractivity contribution is 5.90. The molecule has 0 bridgehead atoms. The van der Waals surface area contributed by atoms with Gasteiger partial charge in [0.25, 0.3) is 0 Å². The molecule has 3 rings (SSSR count). The maximum atomic E-state index is 5.93. The first-order chi connectivity index (χ1) is 10.8. The highest BCUT2D eigenvalue weighted by Crippen LogP contribution is 2.27. The predicted molar refractivity (Wildman–Crippen MR) is 89.6 cm³/mol. The summed E-state index contributed by atoms with van der Waals surface area (Å²) in [5.74, 6) is 0. The zero-order valence-corrected chi connectivity index (χ0v) is 13.3. The molecule has 2 aliphatic rings. The highest BCUT2D eigenvalue weighted by atomic mass is 16.5. The topological polar surface area (TPSA) is 72.5 Å². The molecule has 1 saturated heterocycles. The fraction of sp³-hybridized carbons (Fsp3) is 0.647. The van der Waals surface area contributed by atoms with Gasteiger partial charge in [-0.1, -0.05) is 6.92 Å². The molecule has 0 aliphatic carbocycles. The van der Waals surface area contributed by atoms with Gasteiger partial charge in [-0.05, 0) is 32.1 Å². The number of anilines is 1. The molecule has 3 heterocycles. The average Bonchev–Trinajstić information content (AvgIpc) is 2.78. The van der Waals surface area contributed by atoms with E-state index in [-0.39, 0.29) is 0 Å². The van der Waals surface area contributed by atoms with Gasteiger partial charge in [0.05, 0.1) is 17.4 Å². The van der Waals surface area contributed by atoms with Crippen LogP contribution >= 0.6 is 0 Å². The molecule has 120 valence electrons. The first kappa shape index (κ1) is 15.4. The van der Waals surface area contributed by atoms with E-state index < -0.39 is 0 Å². The number of hydrogen-bond donors (Lipinski definition) is 2. The summed E-state index contributed by atoms with van der Waals surface area (Å²) in [5, 5.41) is 3.70. The van der Waals surface area contributed by atoms with Crippen LogP contribution in [-0.4, -0.2) is 36.5 Å². The number of fused-ring (bicyclic) bond motifs is 1. The minimum atomic E-state index is 0.409. The van der Waals surface area contributed by atoms with Gasteiger partial charge in [0.2, 0.25) is 0 Å². The zero-order chi connectivity index (χ0) is 15.4. The molecule has 22 heavy (non-hydrogen) atoms. The first-order valence-electron chi connectivity index (χ1n) is 8.40. The summed E-state index contributed by atoms with van der Waals surface area (Å²) in [6, 6.07) is 0.857. The number of rotatable bonds is 4. The van der Waals surface area contributed by atoms with Crippen molar-refractivity contribution in [3.05, 3.63) is 23.0 Å². The van der Waals surface area contributed by atoms with Gasteiger partial charge < -0.3 is 15.8 Å². The summed E-state index contributed by atoms with van der Waals surface area (Å²) in [5.41, 5.74) is 10.4. The molecule has 2 aliphatic heterocycles. The van der Waals surface area contributed by atoms with E-state index in [0.717, 1.165) is 67.8 Å². The molecule has 0 unspecified atom stereocenters. The smallest absolute Gasteiger partial charge is 0.0513 e. The Bertz CT molecular complexity index is 538. The van der Waals surface area contributed by atoms with Crippen LogP contribution in [-0.2, 0) is 17.7 Å². The molecule has 3 N–H and O–H groups in total. The molecule has 0 spiro atoms. The Morgan fingerprint density at radius 3 is 2.86 bits per heavy atom. The van der Waals surface area contributed by atoms with Gasteiger partial charge in [-0.2, -0.15) is 0 Å². The Balaban J connectivity index is 1.92. The molecule has 0 amide bonds. The van der Waals surface area contributed by atoms with Crippen molar-refractivity contribution in [1.82, 2.24) is 4.98 Å². The first-order valence-corrected chi connectivity index (χ1v) is 8.40. The van der Waals surface area contributed by atoms with Crippen molar-refractivity contribution < 1.29 is 4.74 Å². The predicted octanol–water partition coefficient (Wildman–Crippen LogP) is 2.27. The molecule has 1 fully saturated rings. The van der Waals surface area contributed by atoms with Crippen LogP contribution in [0.25, 0.3) is 0 Å². The molecular formula is C17H26N4O. The summed E-state index contributed by atoms with van der Waals surface area (Å²) < 4.78 is 5.45. The lowest BCUT2D eigenvalue weighted by Crippen LogP contribution is -2.29. The van der Waals surface area contributed by atoms with Crippen LogP contribution in [0, 0.1) is 0 Å². The summed E-state index contributed by atoms with van der Waals surface area (Å²) in [6.45, 7) is 4.35. The second kappa shape index (κ2) is 7.20. The molecule has 5 heteroatoms. The van der Waals surface area contributed by atoms with E-state index in [4.69, 9.17) is 15.5 Å². The molecular weight excluding hydrogens is 276 g/mol. The maximum absolute atomic E-state index is 5.93. The van der Waals surface area contributed by atoms with Gasteiger partial charge in [0.15, 0.2) is 0 Å². The highest BCUT2D eigenvalue weighted by Gasteiger charge is 2.21. The second-order valence-corrected chi connectivity index (χ2v) is 6.13. The van der Waals surface area contributed by atoms with E-state index in [2.05, 4.69) is 17.2 Å². The van der Waals surface area contributed by atoms with E-state index in [1.807, 2.05) is 12.4 Å². The van der Waals surface area contributed by atoms with Crippen molar-refractivity contribution in [2.24, 2.45) is 10.7 Å². The summed E-state index contributed by atoms with van der Waals surface area (Å²) in [6.07, 6.45) is 9.17. The lowest BCUT2D eigenvalue weighted by atomic mass is 10.0. The number of pyridine rings is 1. The minimum Gasteiger partial charge on any atom is -0.381 e. The van der Waals surface area contributed by atoms with Crippen LogP contribution in [0.3, 0.4) is 0 Å². The van der Waals surface area contributed by atoms with Crippen LogP contribution in [0.4, 0.5) is 5.69 Å². The molecule has 5 nitrogen and oxygen atoms in total. The van der Waals surface area contributed by atoms with Gasteiger partial charge in [-0.15, -0.1) is 0 Å². The van der Waals surface area contributed by atoms with E-state index in [9.17, 15) is 0 Å². The number of nitrogens with one attached hydrogen (secondary N) is 1. The lowest BCUT2D eigenvalue weighted by Gasteiger charge is -2.26. The van der Waals surface area contributed by atoms with Gasteiger partial charge in [0.1, 0.15) is 0 Å². The fourth-order valence-electron chi connectivity index (χ4n) is 3.18. The monoisotopic (exact) mass is 302 g/mol. The van der Waals surface area contributed by atoms with Gasteiger partial charge in [-0.3, -0.25) is 9.98 Å². The number of aromatic nitrogens is 1. The largest absolute Gasteiger partial charge is 0.381 e. The second-order valence-electron chi connectivity index (χ2n) is 6.13. The van der Waals surface area contributed by atoms with Crippen molar-refractivity contribution >= 4 is 11.9 Å². The molecule has 1 aromatic heterocycles. The normalized spacial score (nSPS) is 22.2. The molecule has 0 aromatic carbocycles. The molecule has 1 atom stereocenters. The summed E-state index contributed by atoms with van der Waals surface area (Å²) in [7, 11) is 0. The fourth-order valence-corrected chi connectivity index (χ4v) is 3.18. The maximum Gasteiger partial charge on any atom is 0.0513 e. The third-order valence-electron chi connectivity index (χ3n) is 4.67. The van der Waals surface area contributed by atoms with E-state index >= 15 is 0 Å².